The van der Waals surface area contributed by atoms with E-state index in [0.717, 1.165) is 31.7 Å². The number of hydrogen-bond donors (Lipinski definition) is 2. The minimum Gasteiger partial charge on any atom is -0.376 e. The molecule has 2 N–H and O–H groups in total. The molecule has 0 amide bonds. The molecule has 1 fully saturated rings. The number of benzene rings is 1. The van der Waals surface area contributed by atoms with Crippen LogP contribution in [-0.2, 0) is 4.74 Å². The molecule has 2 rings (SSSR count). The molecule has 1 aliphatic heterocycles. The van der Waals surface area contributed by atoms with Crippen LogP contribution in [0.5, 0.6) is 0 Å². The number of hydrogen-bond acceptors (Lipinski definition) is 2. The number of nitrogens with one attached hydrogen (secondary N) is 2. The van der Waals surface area contributed by atoms with Gasteiger partial charge in [0.05, 0.1) is 6.10 Å². The maximum atomic E-state index is 5.53. The Morgan fingerprint density at radius 1 is 1.47 bits per heavy atom. The molecule has 4 heteroatoms. The minimum atomic E-state index is 0.312. The Hall–Kier alpha value is -1.13. The third kappa shape index (κ3) is 3.68. The molecule has 1 aromatic rings. The van der Waals surface area contributed by atoms with Gasteiger partial charge in [-0.2, -0.15) is 0 Å². The van der Waals surface area contributed by atoms with E-state index in [4.69, 9.17) is 17.0 Å². The van der Waals surface area contributed by atoms with E-state index in [1.807, 2.05) is 18.2 Å². The summed E-state index contributed by atoms with van der Waals surface area (Å²) in [5, 5.41) is 7.06. The van der Waals surface area contributed by atoms with Gasteiger partial charge in [0.2, 0.25) is 0 Å². The number of para-hydroxylation sites is 1. The zero-order valence-electron chi connectivity index (χ0n) is 10.0. The van der Waals surface area contributed by atoms with Crippen LogP contribution in [-0.4, -0.2) is 24.4 Å². The molecule has 1 saturated heterocycles. The maximum Gasteiger partial charge on any atom is 0.170 e. The lowest BCUT2D eigenvalue weighted by Crippen LogP contribution is -2.34. The highest BCUT2D eigenvalue weighted by Gasteiger charge is 2.15. The summed E-state index contributed by atoms with van der Waals surface area (Å²) in [6, 6.07) is 8.10. The molecular weight excluding hydrogens is 232 g/mol. The standard InChI is InChI=1S/C13H18N2OS/c1-10-5-2-3-7-12(10)15-13(17)14-9-11-6-4-8-16-11/h2-3,5,7,11H,4,6,8-9H2,1H3,(H2,14,15,17)/t11-/m0/s1. The highest BCUT2D eigenvalue weighted by Crippen LogP contribution is 2.13. The van der Waals surface area contributed by atoms with Crippen LogP contribution < -0.4 is 10.6 Å². The van der Waals surface area contributed by atoms with Crippen molar-refractivity contribution in [2.45, 2.75) is 25.9 Å². The normalized spacial score (nSPS) is 19.0. The summed E-state index contributed by atoms with van der Waals surface area (Å²) >= 11 is 5.25. The second-order valence-electron chi connectivity index (χ2n) is 4.28. The monoisotopic (exact) mass is 250 g/mol. The van der Waals surface area contributed by atoms with Crippen LogP contribution in [0.4, 0.5) is 5.69 Å². The molecule has 1 aliphatic rings. The molecule has 0 bridgehead atoms. The number of aryl methyl sites for hydroxylation is 1. The molecule has 0 aliphatic carbocycles. The quantitative estimate of drug-likeness (QED) is 0.807. The van der Waals surface area contributed by atoms with E-state index >= 15 is 0 Å². The Kier molecular flexibility index (Phi) is 4.34. The molecule has 1 heterocycles. The van der Waals surface area contributed by atoms with Crippen molar-refractivity contribution in [3.63, 3.8) is 0 Å². The van der Waals surface area contributed by atoms with Crippen molar-refractivity contribution in [3.8, 4) is 0 Å². The molecule has 0 aromatic heterocycles. The topological polar surface area (TPSA) is 33.3 Å². The predicted molar refractivity (Wildman–Crippen MR) is 74.4 cm³/mol. The summed E-state index contributed by atoms with van der Waals surface area (Å²) in [6.07, 6.45) is 2.59. The first-order valence-electron chi connectivity index (χ1n) is 5.98. The lowest BCUT2D eigenvalue weighted by Gasteiger charge is -2.15. The predicted octanol–water partition coefficient (Wildman–Crippen LogP) is 2.46. The van der Waals surface area contributed by atoms with Gasteiger partial charge < -0.3 is 15.4 Å². The Balaban J connectivity index is 1.79. The van der Waals surface area contributed by atoms with Crippen molar-refractivity contribution < 1.29 is 4.74 Å². The van der Waals surface area contributed by atoms with Gasteiger partial charge in [-0.3, -0.25) is 0 Å². The summed E-state index contributed by atoms with van der Waals surface area (Å²) in [5.74, 6) is 0. The van der Waals surface area contributed by atoms with E-state index in [0.29, 0.717) is 11.2 Å². The fourth-order valence-corrected chi connectivity index (χ4v) is 2.08. The van der Waals surface area contributed by atoms with Crippen LogP contribution in [0, 0.1) is 6.92 Å². The number of ether oxygens (including phenoxy) is 1. The highest BCUT2D eigenvalue weighted by molar-refractivity contribution is 7.80. The van der Waals surface area contributed by atoms with Gasteiger partial charge in [-0.15, -0.1) is 0 Å². The average Bonchev–Trinajstić information content (AvgIpc) is 2.82. The fourth-order valence-electron chi connectivity index (χ4n) is 1.89. The van der Waals surface area contributed by atoms with Gasteiger partial charge in [0.1, 0.15) is 0 Å². The van der Waals surface area contributed by atoms with Crippen molar-refractivity contribution >= 4 is 23.0 Å². The summed E-state index contributed by atoms with van der Waals surface area (Å²) in [6.45, 7) is 3.73. The zero-order chi connectivity index (χ0) is 12.1. The van der Waals surface area contributed by atoms with E-state index in [9.17, 15) is 0 Å². The van der Waals surface area contributed by atoms with Gasteiger partial charge in [0.15, 0.2) is 5.11 Å². The van der Waals surface area contributed by atoms with Crippen LogP contribution in [0.3, 0.4) is 0 Å². The van der Waals surface area contributed by atoms with Crippen LogP contribution in [0.1, 0.15) is 18.4 Å². The summed E-state index contributed by atoms with van der Waals surface area (Å²) < 4.78 is 5.53. The molecule has 0 radical (unpaired) electrons. The van der Waals surface area contributed by atoms with Crippen LogP contribution in [0.2, 0.25) is 0 Å². The molecule has 3 nitrogen and oxygen atoms in total. The van der Waals surface area contributed by atoms with Crippen molar-refractivity contribution in [2.24, 2.45) is 0 Å². The Bertz CT molecular complexity index is 389. The van der Waals surface area contributed by atoms with Crippen LogP contribution in [0.15, 0.2) is 24.3 Å². The number of thiocarbonyl (C=S) groups is 1. The Morgan fingerprint density at radius 3 is 3.00 bits per heavy atom. The van der Waals surface area contributed by atoms with Crippen molar-refractivity contribution in [1.82, 2.24) is 5.32 Å². The smallest absolute Gasteiger partial charge is 0.170 e. The third-order valence-corrected chi connectivity index (χ3v) is 3.15. The van der Waals surface area contributed by atoms with Crippen molar-refractivity contribution in [2.75, 3.05) is 18.5 Å². The summed E-state index contributed by atoms with van der Waals surface area (Å²) in [7, 11) is 0. The Morgan fingerprint density at radius 2 is 2.29 bits per heavy atom. The van der Waals surface area contributed by atoms with E-state index in [1.54, 1.807) is 0 Å². The van der Waals surface area contributed by atoms with Crippen molar-refractivity contribution in [1.29, 1.82) is 0 Å². The van der Waals surface area contributed by atoms with Gasteiger partial charge in [-0.1, -0.05) is 18.2 Å². The zero-order valence-corrected chi connectivity index (χ0v) is 10.8. The van der Waals surface area contributed by atoms with Gasteiger partial charge in [-0.05, 0) is 43.6 Å². The van der Waals surface area contributed by atoms with Gasteiger partial charge in [0.25, 0.3) is 0 Å². The largest absolute Gasteiger partial charge is 0.376 e. The summed E-state index contributed by atoms with van der Waals surface area (Å²) in [4.78, 5) is 0. The van der Waals surface area contributed by atoms with Crippen LogP contribution >= 0.6 is 12.2 Å². The van der Waals surface area contributed by atoms with E-state index in [1.165, 1.54) is 5.56 Å². The van der Waals surface area contributed by atoms with Crippen molar-refractivity contribution in [3.05, 3.63) is 29.8 Å². The molecular formula is C13H18N2OS. The fraction of sp³-hybridized carbons (Fsp3) is 0.462. The van der Waals surface area contributed by atoms with Gasteiger partial charge >= 0.3 is 0 Å². The van der Waals surface area contributed by atoms with E-state index in [-0.39, 0.29) is 0 Å². The minimum absolute atomic E-state index is 0.312. The first-order chi connectivity index (χ1) is 8.25. The molecule has 17 heavy (non-hydrogen) atoms. The second kappa shape index (κ2) is 5.98. The lowest BCUT2D eigenvalue weighted by atomic mass is 10.2. The van der Waals surface area contributed by atoms with Gasteiger partial charge in [-0.25, -0.2) is 0 Å². The van der Waals surface area contributed by atoms with Gasteiger partial charge in [0, 0.05) is 18.8 Å². The van der Waals surface area contributed by atoms with E-state index < -0.39 is 0 Å². The van der Waals surface area contributed by atoms with E-state index in [2.05, 4.69) is 23.6 Å². The van der Waals surface area contributed by atoms with Crippen LogP contribution in [0.25, 0.3) is 0 Å². The number of anilines is 1. The SMILES string of the molecule is Cc1ccccc1NC(=S)NC[C@@H]1CCCO1. The molecule has 1 aromatic carbocycles. The third-order valence-electron chi connectivity index (χ3n) is 2.91. The maximum absolute atomic E-state index is 5.53. The lowest BCUT2D eigenvalue weighted by molar-refractivity contribution is 0.114. The Labute approximate surface area is 108 Å². The molecule has 1 atom stereocenters. The average molecular weight is 250 g/mol. The first-order valence-corrected chi connectivity index (χ1v) is 6.38. The number of rotatable bonds is 3. The molecule has 0 spiro atoms. The summed E-state index contributed by atoms with van der Waals surface area (Å²) in [5.41, 5.74) is 2.24. The molecule has 92 valence electrons. The molecule has 0 saturated carbocycles. The second-order valence-corrected chi connectivity index (χ2v) is 4.69. The first kappa shape index (κ1) is 12.3. The molecule has 0 unspecified atom stereocenters. The highest BCUT2D eigenvalue weighted by atomic mass is 32.1.